The zero-order chi connectivity index (χ0) is 17.8. The molecule has 1 aliphatic rings. The molecular weight excluding hydrogens is 338 g/mol. The SMILES string of the molecule is CN(C(=O)c1ccccc1NC(=O)c1ccc(Cl)cc1)C1CCNC1. The number of anilines is 1. The van der Waals surface area contributed by atoms with Gasteiger partial charge in [0.2, 0.25) is 0 Å². The summed E-state index contributed by atoms with van der Waals surface area (Å²) < 4.78 is 0. The van der Waals surface area contributed by atoms with E-state index in [9.17, 15) is 9.59 Å². The Balaban J connectivity index is 1.79. The third-order valence-corrected chi connectivity index (χ3v) is 4.67. The summed E-state index contributed by atoms with van der Waals surface area (Å²) in [6.07, 6.45) is 0.932. The molecule has 25 heavy (non-hydrogen) atoms. The van der Waals surface area contributed by atoms with Gasteiger partial charge in [0, 0.05) is 30.2 Å². The van der Waals surface area contributed by atoms with Crippen molar-refractivity contribution in [3.8, 4) is 0 Å². The number of hydrogen-bond donors (Lipinski definition) is 2. The lowest BCUT2D eigenvalue weighted by atomic mass is 10.1. The van der Waals surface area contributed by atoms with Crippen molar-refractivity contribution < 1.29 is 9.59 Å². The van der Waals surface area contributed by atoms with E-state index in [-0.39, 0.29) is 17.9 Å². The van der Waals surface area contributed by atoms with Gasteiger partial charge in [-0.05, 0) is 49.4 Å². The predicted molar refractivity (Wildman–Crippen MR) is 99.2 cm³/mol. The molecule has 1 unspecified atom stereocenters. The molecule has 2 amide bonds. The van der Waals surface area contributed by atoms with Crippen molar-refractivity contribution in [2.45, 2.75) is 12.5 Å². The molecule has 1 saturated heterocycles. The van der Waals surface area contributed by atoms with E-state index in [1.807, 2.05) is 0 Å². The van der Waals surface area contributed by atoms with Gasteiger partial charge in [-0.3, -0.25) is 9.59 Å². The Morgan fingerprint density at radius 3 is 2.56 bits per heavy atom. The number of benzene rings is 2. The van der Waals surface area contributed by atoms with Crippen LogP contribution in [0.25, 0.3) is 0 Å². The third kappa shape index (κ3) is 4.00. The number of hydrogen-bond acceptors (Lipinski definition) is 3. The number of carbonyl (C=O) groups is 2. The summed E-state index contributed by atoms with van der Waals surface area (Å²) >= 11 is 5.85. The Labute approximate surface area is 152 Å². The second-order valence-corrected chi connectivity index (χ2v) is 6.51. The highest BCUT2D eigenvalue weighted by molar-refractivity contribution is 6.30. The Bertz CT molecular complexity index is 770. The van der Waals surface area contributed by atoms with Gasteiger partial charge in [0.05, 0.1) is 11.3 Å². The van der Waals surface area contributed by atoms with Crippen molar-refractivity contribution >= 4 is 29.1 Å². The van der Waals surface area contributed by atoms with Crippen molar-refractivity contribution in [2.24, 2.45) is 0 Å². The number of rotatable bonds is 4. The van der Waals surface area contributed by atoms with Gasteiger partial charge in [-0.15, -0.1) is 0 Å². The van der Waals surface area contributed by atoms with E-state index < -0.39 is 0 Å². The van der Waals surface area contributed by atoms with Gasteiger partial charge in [-0.2, -0.15) is 0 Å². The van der Waals surface area contributed by atoms with Crippen LogP contribution in [0, 0.1) is 0 Å². The highest BCUT2D eigenvalue weighted by atomic mass is 35.5. The second-order valence-electron chi connectivity index (χ2n) is 6.07. The Morgan fingerprint density at radius 2 is 1.88 bits per heavy atom. The second kappa shape index (κ2) is 7.68. The van der Waals surface area contributed by atoms with Gasteiger partial charge < -0.3 is 15.5 Å². The van der Waals surface area contributed by atoms with Crippen LogP contribution in [0.15, 0.2) is 48.5 Å². The van der Waals surface area contributed by atoms with Crippen molar-refractivity contribution in [3.05, 3.63) is 64.7 Å². The van der Waals surface area contributed by atoms with Crippen LogP contribution < -0.4 is 10.6 Å². The van der Waals surface area contributed by atoms with Crippen molar-refractivity contribution in [2.75, 3.05) is 25.5 Å². The normalized spacial score (nSPS) is 16.5. The van der Waals surface area contributed by atoms with Gasteiger partial charge in [0.1, 0.15) is 0 Å². The zero-order valence-corrected chi connectivity index (χ0v) is 14.7. The molecule has 0 aromatic heterocycles. The molecule has 0 saturated carbocycles. The Morgan fingerprint density at radius 1 is 1.16 bits per heavy atom. The van der Waals surface area contributed by atoms with Crippen LogP contribution in [0.1, 0.15) is 27.1 Å². The molecule has 1 heterocycles. The number of nitrogens with one attached hydrogen (secondary N) is 2. The fourth-order valence-electron chi connectivity index (χ4n) is 2.90. The molecule has 0 radical (unpaired) electrons. The highest BCUT2D eigenvalue weighted by Crippen LogP contribution is 2.20. The summed E-state index contributed by atoms with van der Waals surface area (Å²) in [5, 5.41) is 6.65. The van der Waals surface area contributed by atoms with E-state index in [4.69, 9.17) is 11.6 Å². The molecule has 0 spiro atoms. The minimum atomic E-state index is -0.276. The minimum Gasteiger partial charge on any atom is -0.337 e. The minimum absolute atomic E-state index is 0.0966. The number of amides is 2. The average molecular weight is 358 g/mol. The molecule has 5 nitrogen and oxygen atoms in total. The van der Waals surface area contributed by atoms with Gasteiger partial charge in [0.15, 0.2) is 0 Å². The van der Waals surface area contributed by atoms with Gasteiger partial charge >= 0.3 is 0 Å². The molecule has 2 N–H and O–H groups in total. The smallest absolute Gasteiger partial charge is 0.256 e. The summed E-state index contributed by atoms with van der Waals surface area (Å²) in [7, 11) is 1.80. The van der Waals surface area contributed by atoms with Crippen LogP contribution in [0.2, 0.25) is 5.02 Å². The standard InChI is InChI=1S/C19H20ClN3O2/c1-23(15-10-11-21-12-15)19(25)16-4-2-3-5-17(16)22-18(24)13-6-8-14(20)9-7-13/h2-9,15,21H,10-12H2,1H3,(H,22,24). The number of carbonyl (C=O) groups excluding carboxylic acids is 2. The van der Waals surface area contributed by atoms with Crippen molar-refractivity contribution in [1.29, 1.82) is 0 Å². The lowest BCUT2D eigenvalue weighted by Crippen LogP contribution is -2.38. The van der Waals surface area contributed by atoms with Crippen LogP contribution in [0.3, 0.4) is 0 Å². The number of likely N-dealkylation sites (N-methyl/N-ethyl adjacent to an activating group) is 1. The molecule has 6 heteroatoms. The summed E-state index contributed by atoms with van der Waals surface area (Å²) in [4.78, 5) is 27.0. The topological polar surface area (TPSA) is 61.4 Å². The molecule has 3 rings (SSSR count). The monoisotopic (exact) mass is 357 g/mol. The fraction of sp³-hybridized carbons (Fsp3) is 0.263. The van der Waals surface area contributed by atoms with E-state index in [1.54, 1.807) is 60.5 Å². The van der Waals surface area contributed by atoms with Crippen LogP contribution in [-0.2, 0) is 0 Å². The van der Waals surface area contributed by atoms with Crippen LogP contribution in [0.5, 0.6) is 0 Å². The van der Waals surface area contributed by atoms with Gasteiger partial charge in [-0.25, -0.2) is 0 Å². The number of nitrogens with zero attached hydrogens (tertiary/aromatic N) is 1. The summed E-state index contributed by atoms with van der Waals surface area (Å²) in [5.74, 6) is -0.372. The van der Waals surface area contributed by atoms with Gasteiger partial charge in [-0.1, -0.05) is 23.7 Å². The summed E-state index contributed by atoms with van der Waals surface area (Å²) in [6.45, 7) is 1.71. The van der Waals surface area contributed by atoms with Crippen molar-refractivity contribution in [3.63, 3.8) is 0 Å². The molecule has 2 aromatic carbocycles. The van der Waals surface area contributed by atoms with Crippen LogP contribution in [-0.4, -0.2) is 42.9 Å². The third-order valence-electron chi connectivity index (χ3n) is 4.41. The molecule has 1 aliphatic heterocycles. The van der Waals surface area contributed by atoms with E-state index >= 15 is 0 Å². The maximum absolute atomic E-state index is 12.8. The Kier molecular flexibility index (Phi) is 5.36. The summed E-state index contributed by atoms with van der Waals surface area (Å²) in [5.41, 5.74) is 1.48. The van der Waals surface area contributed by atoms with E-state index in [0.29, 0.717) is 21.8 Å². The molecule has 2 aromatic rings. The maximum atomic E-state index is 12.8. The lowest BCUT2D eigenvalue weighted by molar-refractivity contribution is 0.0745. The number of para-hydroxylation sites is 1. The zero-order valence-electron chi connectivity index (χ0n) is 14.0. The molecule has 0 aliphatic carbocycles. The molecular formula is C19H20ClN3O2. The Hall–Kier alpha value is -2.37. The first kappa shape index (κ1) is 17.5. The van der Waals surface area contributed by atoms with E-state index in [1.165, 1.54) is 0 Å². The molecule has 1 fully saturated rings. The van der Waals surface area contributed by atoms with E-state index in [0.717, 1.165) is 19.5 Å². The molecule has 130 valence electrons. The van der Waals surface area contributed by atoms with Crippen molar-refractivity contribution in [1.82, 2.24) is 10.2 Å². The first-order chi connectivity index (χ1) is 12.1. The first-order valence-electron chi connectivity index (χ1n) is 8.20. The lowest BCUT2D eigenvalue weighted by Gasteiger charge is -2.25. The quantitative estimate of drug-likeness (QED) is 0.884. The van der Waals surface area contributed by atoms with E-state index in [2.05, 4.69) is 10.6 Å². The van der Waals surface area contributed by atoms with Crippen LogP contribution >= 0.6 is 11.6 Å². The largest absolute Gasteiger partial charge is 0.337 e. The predicted octanol–water partition coefficient (Wildman–Crippen LogP) is 3.03. The number of halogens is 1. The molecule has 0 bridgehead atoms. The average Bonchev–Trinajstić information content (AvgIpc) is 3.16. The fourth-order valence-corrected chi connectivity index (χ4v) is 3.03. The molecule has 1 atom stereocenters. The van der Waals surface area contributed by atoms with Crippen LogP contribution in [0.4, 0.5) is 5.69 Å². The van der Waals surface area contributed by atoms with Gasteiger partial charge in [0.25, 0.3) is 11.8 Å². The summed E-state index contributed by atoms with van der Waals surface area (Å²) in [6, 6.07) is 13.9. The first-order valence-corrected chi connectivity index (χ1v) is 8.58. The maximum Gasteiger partial charge on any atom is 0.256 e. The highest BCUT2D eigenvalue weighted by Gasteiger charge is 2.25.